The average molecular weight is 435 g/mol. The SMILES string of the molecule is CC1=CC2(c3cccs3)C=C3C(=CC=C(C(C)C)C=C13)CC(C#N)(C#N)C(C#N)(C#N)C2. The monoisotopic (exact) mass is 434 g/mol. The van der Waals surface area contributed by atoms with Gasteiger partial charge in [0, 0.05) is 16.7 Å². The molecule has 1 unspecified atom stereocenters. The minimum absolute atomic E-state index is 0.0277. The number of nitrogens with zero attached hydrogens (tertiary/aromatic N) is 4. The summed E-state index contributed by atoms with van der Waals surface area (Å²) in [6.07, 6.45) is 10.5. The number of thiophene rings is 1. The van der Waals surface area contributed by atoms with E-state index in [1.807, 2.05) is 29.7 Å². The number of fused-ring (bicyclic) bond motifs is 1. The van der Waals surface area contributed by atoms with Crippen LogP contribution in [0.4, 0.5) is 0 Å². The predicted molar refractivity (Wildman–Crippen MR) is 123 cm³/mol. The summed E-state index contributed by atoms with van der Waals surface area (Å²) in [6, 6.07) is 12.4. The van der Waals surface area contributed by atoms with Crippen LogP contribution in [0.1, 0.15) is 38.5 Å². The van der Waals surface area contributed by atoms with Gasteiger partial charge in [0.25, 0.3) is 0 Å². The predicted octanol–water partition coefficient (Wildman–Crippen LogP) is 6.18. The topological polar surface area (TPSA) is 95.2 Å². The van der Waals surface area contributed by atoms with E-state index >= 15 is 0 Å². The van der Waals surface area contributed by atoms with E-state index in [2.05, 4.69) is 63.3 Å². The van der Waals surface area contributed by atoms with Crippen molar-refractivity contribution in [2.75, 3.05) is 0 Å². The zero-order chi connectivity index (χ0) is 23.1. The van der Waals surface area contributed by atoms with Crippen LogP contribution in [0.25, 0.3) is 0 Å². The minimum atomic E-state index is -1.79. The smallest absolute Gasteiger partial charge is 0.179 e. The van der Waals surface area contributed by atoms with E-state index in [0.29, 0.717) is 5.92 Å². The number of nitriles is 4. The molecule has 0 saturated carbocycles. The molecule has 1 atom stereocenters. The second kappa shape index (κ2) is 7.50. The molecule has 32 heavy (non-hydrogen) atoms. The van der Waals surface area contributed by atoms with Gasteiger partial charge < -0.3 is 0 Å². The summed E-state index contributed by atoms with van der Waals surface area (Å²) in [6.45, 7) is 6.32. The zero-order valence-corrected chi connectivity index (χ0v) is 19.1. The van der Waals surface area contributed by atoms with Crippen LogP contribution < -0.4 is 0 Å². The molecular weight excluding hydrogens is 412 g/mol. The highest BCUT2D eigenvalue weighted by atomic mass is 32.1. The van der Waals surface area contributed by atoms with Crippen LogP contribution in [0, 0.1) is 62.1 Å². The van der Waals surface area contributed by atoms with E-state index < -0.39 is 16.2 Å². The first-order valence-electron chi connectivity index (χ1n) is 10.5. The van der Waals surface area contributed by atoms with Gasteiger partial charge in [-0.1, -0.05) is 50.3 Å². The van der Waals surface area contributed by atoms with Crippen molar-refractivity contribution >= 4 is 11.3 Å². The van der Waals surface area contributed by atoms with E-state index in [4.69, 9.17) is 0 Å². The van der Waals surface area contributed by atoms with Crippen LogP contribution in [0.15, 0.2) is 75.8 Å². The summed E-state index contributed by atoms with van der Waals surface area (Å²) in [7, 11) is 0. The second-order valence-corrected chi connectivity index (χ2v) is 10.0. The summed E-state index contributed by atoms with van der Waals surface area (Å²) in [5.74, 6) is 0.301. The number of hydrogen-bond acceptors (Lipinski definition) is 5. The van der Waals surface area contributed by atoms with Crippen molar-refractivity contribution in [1.82, 2.24) is 0 Å². The fraction of sp³-hybridized carbons (Fsp3) is 0.333. The molecule has 0 aliphatic heterocycles. The third kappa shape index (κ3) is 2.91. The van der Waals surface area contributed by atoms with Crippen molar-refractivity contribution in [3.63, 3.8) is 0 Å². The van der Waals surface area contributed by atoms with Gasteiger partial charge in [-0.3, -0.25) is 0 Å². The summed E-state index contributed by atoms with van der Waals surface area (Å²) >= 11 is 1.56. The Hall–Kier alpha value is -3.64. The molecule has 156 valence electrons. The Morgan fingerprint density at radius 1 is 0.938 bits per heavy atom. The molecule has 1 aromatic rings. The van der Waals surface area contributed by atoms with E-state index in [0.717, 1.165) is 32.7 Å². The van der Waals surface area contributed by atoms with Crippen molar-refractivity contribution in [3.8, 4) is 24.3 Å². The third-order valence-electron chi connectivity index (χ3n) is 6.88. The molecule has 0 saturated heterocycles. The third-order valence-corrected chi connectivity index (χ3v) is 7.94. The van der Waals surface area contributed by atoms with Crippen molar-refractivity contribution in [2.24, 2.45) is 16.7 Å². The fourth-order valence-corrected chi connectivity index (χ4v) is 5.89. The summed E-state index contributed by atoms with van der Waals surface area (Å²) in [5.41, 5.74) is 0.777. The van der Waals surface area contributed by atoms with Gasteiger partial charge in [0.2, 0.25) is 0 Å². The number of allylic oxidation sites excluding steroid dienone is 10. The average Bonchev–Trinajstić information content (AvgIpc) is 3.27. The molecule has 5 heteroatoms. The van der Waals surface area contributed by atoms with Gasteiger partial charge in [0.1, 0.15) is 0 Å². The van der Waals surface area contributed by atoms with Crippen LogP contribution in [-0.2, 0) is 5.41 Å². The maximum Gasteiger partial charge on any atom is 0.179 e. The van der Waals surface area contributed by atoms with Crippen LogP contribution >= 0.6 is 11.3 Å². The van der Waals surface area contributed by atoms with Gasteiger partial charge in [-0.2, -0.15) is 21.0 Å². The molecule has 4 rings (SSSR count). The Balaban J connectivity index is 2.14. The number of hydrogen-bond donors (Lipinski definition) is 0. The van der Waals surface area contributed by atoms with Gasteiger partial charge in [-0.05, 0) is 58.6 Å². The molecule has 0 radical (unpaired) electrons. The van der Waals surface area contributed by atoms with Crippen LogP contribution in [0.5, 0.6) is 0 Å². The van der Waals surface area contributed by atoms with E-state index in [1.54, 1.807) is 11.3 Å². The Morgan fingerprint density at radius 2 is 1.62 bits per heavy atom. The molecule has 3 aliphatic rings. The van der Waals surface area contributed by atoms with Crippen molar-refractivity contribution in [3.05, 3.63) is 80.6 Å². The Labute approximate surface area is 193 Å². The van der Waals surface area contributed by atoms with Gasteiger partial charge >= 0.3 is 0 Å². The van der Waals surface area contributed by atoms with Crippen molar-refractivity contribution < 1.29 is 0 Å². The molecule has 0 N–H and O–H groups in total. The summed E-state index contributed by atoms with van der Waals surface area (Å²) in [4.78, 5) is 0.991. The van der Waals surface area contributed by atoms with Crippen LogP contribution in [-0.4, -0.2) is 0 Å². The molecule has 0 aromatic carbocycles. The standard InChI is InChI=1S/C27H22N4S/c1-18(2)20-6-7-21-11-26(14-28,15-29)27(16-30,17-31)13-25(24-5-4-8-32-24)10-19(3)22(9-20)23(21)12-25/h4-10,12,18H,11,13H2,1-3H3. The Bertz CT molecular complexity index is 1280. The first-order chi connectivity index (χ1) is 15.3. The lowest BCUT2D eigenvalue weighted by molar-refractivity contribution is 0.244. The van der Waals surface area contributed by atoms with Gasteiger partial charge in [0.15, 0.2) is 10.8 Å². The Kier molecular flexibility index (Phi) is 5.06. The zero-order valence-electron chi connectivity index (χ0n) is 18.3. The lowest BCUT2D eigenvalue weighted by Crippen LogP contribution is -2.45. The molecule has 1 aromatic heterocycles. The van der Waals surface area contributed by atoms with E-state index in [9.17, 15) is 21.0 Å². The largest absolute Gasteiger partial charge is 0.196 e. The normalized spacial score (nSPS) is 24.9. The van der Waals surface area contributed by atoms with Crippen LogP contribution in [0.3, 0.4) is 0 Å². The first kappa shape index (κ1) is 21.6. The lowest BCUT2D eigenvalue weighted by atomic mass is 9.53. The fourth-order valence-electron chi connectivity index (χ4n) is 5.02. The molecule has 4 nitrogen and oxygen atoms in total. The second-order valence-electron chi connectivity index (χ2n) is 9.09. The molecular formula is C27H22N4S. The molecule has 0 fully saturated rings. The highest BCUT2D eigenvalue weighted by Crippen LogP contribution is 2.58. The van der Waals surface area contributed by atoms with Gasteiger partial charge in [0.05, 0.1) is 24.3 Å². The Morgan fingerprint density at radius 3 is 2.19 bits per heavy atom. The van der Waals surface area contributed by atoms with Crippen LogP contribution in [0.2, 0.25) is 0 Å². The minimum Gasteiger partial charge on any atom is -0.196 e. The lowest BCUT2D eigenvalue weighted by Gasteiger charge is -2.43. The highest BCUT2D eigenvalue weighted by molar-refractivity contribution is 7.10. The molecule has 1 heterocycles. The van der Waals surface area contributed by atoms with E-state index in [1.165, 1.54) is 0 Å². The van der Waals surface area contributed by atoms with Crippen molar-refractivity contribution in [1.29, 1.82) is 21.0 Å². The van der Waals surface area contributed by atoms with E-state index in [-0.39, 0.29) is 12.8 Å². The quantitative estimate of drug-likeness (QED) is 0.555. The molecule has 3 aliphatic carbocycles. The first-order valence-corrected chi connectivity index (χ1v) is 11.4. The van der Waals surface area contributed by atoms with Gasteiger partial charge in [-0.15, -0.1) is 11.3 Å². The summed E-state index contributed by atoms with van der Waals surface area (Å²) in [5, 5.41) is 43.0. The van der Waals surface area contributed by atoms with Gasteiger partial charge in [-0.25, -0.2) is 0 Å². The van der Waals surface area contributed by atoms with Crippen molar-refractivity contribution in [2.45, 2.75) is 39.0 Å². The highest BCUT2D eigenvalue weighted by Gasteiger charge is 2.60. The number of rotatable bonds is 2. The maximum absolute atomic E-state index is 10.3. The molecule has 0 spiro atoms. The molecule has 2 bridgehead atoms. The summed E-state index contributed by atoms with van der Waals surface area (Å²) < 4.78 is 0. The maximum atomic E-state index is 10.3. The molecule has 0 amide bonds.